The van der Waals surface area contributed by atoms with Crippen LogP contribution in [0.4, 0.5) is 0 Å². The number of pyridine rings is 1. The largest absolute Gasteiger partial charge is 0.345 e. The first-order valence-electron chi connectivity index (χ1n) is 10.6. The number of rotatable bonds is 6. The molecule has 0 unspecified atom stereocenters. The van der Waals surface area contributed by atoms with E-state index >= 15 is 0 Å². The second-order valence-corrected chi connectivity index (χ2v) is 8.64. The minimum Gasteiger partial charge on any atom is -0.345 e. The van der Waals surface area contributed by atoms with Crippen LogP contribution in [0.1, 0.15) is 73.8 Å². The molecule has 0 saturated heterocycles. The van der Waals surface area contributed by atoms with Crippen LogP contribution in [-0.2, 0) is 6.54 Å². The molecule has 0 aliphatic heterocycles. The quantitative estimate of drug-likeness (QED) is 0.618. The normalized spacial score (nSPS) is 12.2. The Kier molecular flexibility index (Phi) is 6.58. The van der Waals surface area contributed by atoms with Crippen molar-refractivity contribution in [3.05, 3.63) is 73.6 Å². The van der Waals surface area contributed by atoms with Gasteiger partial charge in [-0.1, -0.05) is 39.8 Å². The summed E-state index contributed by atoms with van der Waals surface area (Å²) in [5.74, 6) is -0.305. The smallest absolute Gasteiger partial charge is 0.330 e. The van der Waals surface area contributed by atoms with Crippen LogP contribution in [0.25, 0.3) is 11.0 Å². The number of carbonyl (C=O) groups excluding carboxylic acids is 1. The van der Waals surface area contributed by atoms with Gasteiger partial charge in [-0.25, -0.2) is 9.78 Å². The number of nitrogens with one attached hydrogen (secondary N) is 2. The Hall–Kier alpha value is -3.73. The molecule has 3 rings (SSSR count). The second-order valence-electron chi connectivity index (χ2n) is 8.64. The topological polar surface area (TPSA) is 121 Å². The van der Waals surface area contributed by atoms with Crippen molar-refractivity contribution in [3.63, 3.8) is 0 Å². The molecule has 32 heavy (non-hydrogen) atoms. The average Bonchev–Trinajstić information content (AvgIpc) is 2.75. The molecule has 1 atom stereocenters. The highest BCUT2D eigenvalue weighted by atomic mass is 16.2. The number of H-pyrrole nitrogens is 1. The maximum atomic E-state index is 13.3. The molecule has 0 aliphatic rings. The molecule has 166 valence electrons. The number of aromatic nitrogens is 3. The Labute approximate surface area is 185 Å². The summed E-state index contributed by atoms with van der Waals surface area (Å²) < 4.78 is 1.42. The minimum absolute atomic E-state index is 0.0104. The number of fused-ring (bicyclic) bond motifs is 1. The van der Waals surface area contributed by atoms with Gasteiger partial charge in [0.15, 0.2) is 5.65 Å². The van der Waals surface area contributed by atoms with E-state index in [1.54, 1.807) is 30.3 Å². The standard InChI is InChI=1S/C24H27N5O3/c1-13(2)12-29-21-20(23(31)28-24(29)32)18(10-19(27-21)14(3)4)22(30)26-15(5)17-8-6-16(11-25)7-9-17/h6-10,13-15H,12H2,1-5H3,(H,26,30)(H,28,31,32)/t15-/m1/s1. The lowest BCUT2D eigenvalue weighted by Crippen LogP contribution is -2.35. The summed E-state index contributed by atoms with van der Waals surface area (Å²) in [6.45, 7) is 9.99. The van der Waals surface area contributed by atoms with Gasteiger partial charge in [-0.2, -0.15) is 5.26 Å². The van der Waals surface area contributed by atoms with Crippen molar-refractivity contribution in [3.8, 4) is 6.07 Å². The number of aromatic amines is 1. The van der Waals surface area contributed by atoms with Crippen LogP contribution in [0.15, 0.2) is 39.9 Å². The van der Waals surface area contributed by atoms with Crippen molar-refractivity contribution in [1.82, 2.24) is 19.9 Å². The zero-order chi connectivity index (χ0) is 23.6. The Morgan fingerprint density at radius 3 is 2.38 bits per heavy atom. The molecule has 2 aromatic heterocycles. The lowest BCUT2D eigenvalue weighted by atomic mass is 10.0. The van der Waals surface area contributed by atoms with Crippen molar-refractivity contribution in [2.45, 2.75) is 53.1 Å². The summed E-state index contributed by atoms with van der Waals surface area (Å²) in [4.78, 5) is 45.5. The molecular formula is C24H27N5O3. The first-order valence-corrected chi connectivity index (χ1v) is 10.6. The zero-order valence-corrected chi connectivity index (χ0v) is 18.9. The van der Waals surface area contributed by atoms with Crippen LogP contribution in [0.5, 0.6) is 0 Å². The van der Waals surface area contributed by atoms with Crippen molar-refractivity contribution in [2.75, 3.05) is 0 Å². The van der Waals surface area contributed by atoms with E-state index in [1.165, 1.54) is 4.57 Å². The molecule has 1 aromatic carbocycles. The van der Waals surface area contributed by atoms with Crippen LogP contribution in [0.2, 0.25) is 0 Å². The summed E-state index contributed by atoms with van der Waals surface area (Å²) in [7, 11) is 0. The maximum absolute atomic E-state index is 13.3. The predicted octanol–water partition coefficient (Wildman–Crippen LogP) is 3.23. The van der Waals surface area contributed by atoms with Crippen LogP contribution in [0, 0.1) is 17.2 Å². The SMILES string of the molecule is CC(C)Cn1c(=O)[nH]c(=O)c2c(C(=O)N[C@H](C)c3ccc(C#N)cc3)cc(C(C)C)nc21. The monoisotopic (exact) mass is 433 g/mol. The number of carbonyl (C=O) groups is 1. The summed E-state index contributed by atoms with van der Waals surface area (Å²) in [6, 6.07) is 10.3. The van der Waals surface area contributed by atoms with Gasteiger partial charge in [0.2, 0.25) is 0 Å². The van der Waals surface area contributed by atoms with Crippen LogP contribution in [0.3, 0.4) is 0 Å². The Morgan fingerprint density at radius 1 is 1.16 bits per heavy atom. The fourth-order valence-electron chi connectivity index (χ4n) is 3.51. The Bertz CT molecular complexity index is 1310. The molecule has 8 nitrogen and oxygen atoms in total. The number of amides is 1. The Balaban J connectivity index is 2.13. The van der Waals surface area contributed by atoms with Crippen LogP contribution >= 0.6 is 0 Å². The van der Waals surface area contributed by atoms with Gasteiger partial charge in [0, 0.05) is 12.2 Å². The third-order valence-electron chi connectivity index (χ3n) is 5.24. The molecule has 0 fully saturated rings. The van der Waals surface area contributed by atoms with Gasteiger partial charge >= 0.3 is 5.69 Å². The van der Waals surface area contributed by atoms with E-state index in [1.807, 2.05) is 34.6 Å². The van der Waals surface area contributed by atoms with E-state index in [-0.39, 0.29) is 34.5 Å². The molecule has 2 heterocycles. The summed E-state index contributed by atoms with van der Waals surface area (Å²) in [5, 5.41) is 12.0. The number of nitrogens with zero attached hydrogens (tertiary/aromatic N) is 3. The molecule has 8 heteroatoms. The second kappa shape index (κ2) is 9.18. The van der Waals surface area contributed by atoms with E-state index in [2.05, 4.69) is 21.4 Å². The van der Waals surface area contributed by atoms with Gasteiger partial charge in [-0.15, -0.1) is 0 Å². The molecule has 2 N–H and O–H groups in total. The van der Waals surface area contributed by atoms with Gasteiger partial charge in [0.1, 0.15) is 0 Å². The van der Waals surface area contributed by atoms with E-state index in [0.29, 0.717) is 17.8 Å². The summed E-state index contributed by atoms with van der Waals surface area (Å²) in [5.41, 5.74) is 1.20. The van der Waals surface area contributed by atoms with Crippen molar-refractivity contribution >= 4 is 16.9 Å². The molecule has 0 bridgehead atoms. The van der Waals surface area contributed by atoms with Crippen molar-refractivity contribution in [2.24, 2.45) is 5.92 Å². The first kappa shape index (κ1) is 22.9. The third kappa shape index (κ3) is 4.62. The highest BCUT2D eigenvalue weighted by Gasteiger charge is 2.22. The van der Waals surface area contributed by atoms with E-state index in [4.69, 9.17) is 5.26 Å². The fraction of sp³-hybridized carbons (Fsp3) is 0.375. The van der Waals surface area contributed by atoms with Crippen LogP contribution in [-0.4, -0.2) is 20.4 Å². The first-order chi connectivity index (χ1) is 15.1. The molecule has 3 aromatic rings. The van der Waals surface area contributed by atoms with Crippen molar-refractivity contribution in [1.29, 1.82) is 5.26 Å². The van der Waals surface area contributed by atoms with E-state index < -0.39 is 17.2 Å². The number of benzene rings is 1. The third-order valence-corrected chi connectivity index (χ3v) is 5.24. The molecule has 0 spiro atoms. The fourth-order valence-corrected chi connectivity index (χ4v) is 3.51. The Morgan fingerprint density at radius 2 is 1.81 bits per heavy atom. The average molecular weight is 434 g/mol. The minimum atomic E-state index is -0.635. The zero-order valence-electron chi connectivity index (χ0n) is 18.9. The van der Waals surface area contributed by atoms with Gasteiger partial charge < -0.3 is 5.32 Å². The highest BCUT2D eigenvalue weighted by molar-refractivity contribution is 6.05. The molecule has 1 amide bonds. The van der Waals surface area contributed by atoms with Crippen molar-refractivity contribution < 1.29 is 4.79 Å². The van der Waals surface area contributed by atoms with E-state index in [9.17, 15) is 14.4 Å². The molecular weight excluding hydrogens is 406 g/mol. The van der Waals surface area contributed by atoms with Crippen LogP contribution < -0.4 is 16.6 Å². The van der Waals surface area contributed by atoms with Gasteiger partial charge in [0.05, 0.1) is 28.6 Å². The van der Waals surface area contributed by atoms with E-state index in [0.717, 1.165) is 5.56 Å². The predicted molar refractivity (Wildman–Crippen MR) is 123 cm³/mol. The molecule has 0 radical (unpaired) electrons. The number of nitriles is 1. The highest BCUT2D eigenvalue weighted by Crippen LogP contribution is 2.21. The van der Waals surface area contributed by atoms with Gasteiger partial charge in [0.25, 0.3) is 11.5 Å². The maximum Gasteiger partial charge on any atom is 0.330 e. The summed E-state index contributed by atoms with van der Waals surface area (Å²) in [6.07, 6.45) is 0. The number of hydrogen-bond acceptors (Lipinski definition) is 5. The molecule has 0 aliphatic carbocycles. The van der Waals surface area contributed by atoms with Gasteiger partial charge in [-0.3, -0.25) is 19.1 Å². The van der Waals surface area contributed by atoms with Gasteiger partial charge in [-0.05, 0) is 42.5 Å². The molecule has 0 saturated carbocycles. The number of hydrogen-bond donors (Lipinski definition) is 2. The summed E-state index contributed by atoms with van der Waals surface area (Å²) >= 11 is 0. The lowest BCUT2D eigenvalue weighted by Gasteiger charge is -2.18. The lowest BCUT2D eigenvalue weighted by molar-refractivity contribution is 0.0941.